The van der Waals surface area contributed by atoms with Gasteiger partial charge in [-0.15, -0.1) is 0 Å². The fraction of sp³-hybridized carbons (Fsp3) is 0.750. The van der Waals surface area contributed by atoms with Crippen molar-refractivity contribution in [2.75, 3.05) is 26.2 Å². The van der Waals surface area contributed by atoms with Gasteiger partial charge in [-0.2, -0.15) is 0 Å². The molecule has 0 aromatic rings. The number of carboxylic acids is 1. The molecule has 2 aliphatic heterocycles. The van der Waals surface area contributed by atoms with Crippen LogP contribution in [-0.4, -0.2) is 66.3 Å². The van der Waals surface area contributed by atoms with Gasteiger partial charge < -0.3 is 25.4 Å². The molecule has 2 heterocycles. The van der Waals surface area contributed by atoms with Gasteiger partial charge in [-0.3, -0.25) is 4.79 Å². The van der Waals surface area contributed by atoms with Gasteiger partial charge in [-0.25, -0.2) is 9.59 Å². The average Bonchev–Trinajstić information content (AvgIpc) is 2.82. The molecule has 2 saturated heterocycles. The molecule has 20 heavy (non-hydrogen) atoms. The highest BCUT2D eigenvalue weighted by atomic mass is 16.5. The lowest BCUT2D eigenvalue weighted by Gasteiger charge is -2.32. The second-order valence-corrected chi connectivity index (χ2v) is 5.05. The number of rotatable bonds is 4. The standard InChI is InChI=1S/C12H19N3O5/c16-10-5-8(6-13-10)14-12(19)15-3-1-9(2-4-15)20-7-11(17)18/h8-9H,1-7H2,(H,13,16)(H,14,19)(H,17,18). The first-order chi connectivity index (χ1) is 9.54. The Kier molecular flexibility index (Phi) is 4.78. The summed E-state index contributed by atoms with van der Waals surface area (Å²) in [6, 6.07) is -0.320. The van der Waals surface area contributed by atoms with Crippen LogP contribution in [-0.2, 0) is 14.3 Å². The number of amides is 3. The van der Waals surface area contributed by atoms with Crippen LogP contribution in [0.1, 0.15) is 19.3 Å². The van der Waals surface area contributed by atoms with E-state index in [1.54, 1.807) is 4.90 Å². The van der Waals surface area contributed by atoms with Gasteiger partial charge in [-0.1, -0.05) is 0 Å². The number of urea groups is 1. The normalized spacial score (nSPS) is 23.5. The van der Waals surface area contributed by atoms with E-state index < -0.39 is 5.97 Å². The summed E-state index contributed by atoms with van der Waals surface area (Å²) in [7, 11) is 0. The maximum atomic E-state index is 12.0. The zero-order valence-corrected chi connectivity index (χ0v) is 11.1. The van der Waals surface area contributed by atoms with E-state index in [4.69, 9.17) is 9.84 Å². The molecule has 0 spiro atoms. The number of hydrogen-bond donors (Lipinski definition) is 3. The van der Waals surface area contributed by atoms with Crippen molar-refractivity contribution in [1.29, 1.82) is 0 Å². The summed E-state index contributed by atoms with van der Waals surface area (Å²) in [4.78, 5) is 35.1. The third-order valence-electron chi connectivity index (χ3n) is 3.48. The van der Waals surface area contributed by atoms with Crippen LogP contribution in [0.2, 0.25) is 0 Å². The van der Waals surface area contributed by atoms with E-state index in [2.05, 4.69) is 10.6 Å². The third kappa shape index (κ3) is 4.09. The fourth-order valence-electron chi connectivity index (χ4n) is 2.39. The molecule has 2 fully saturated rings. The molecule has 2 rings (SSSR count). The zero-order valence-electron chi connectivity index (χ0n) is 11.1. The molecular weight excluding hydrogens is 266 g/mol. The number of carbonyl (C=O) groups is 3. The van der Waals surface area contributed by atoms with Crippen molar-refractivity contribution < 1.29 is 24.2 Å². The van der Waals surface area contributed by atoms with Crippen molar-refractivity contribution in [2.45, 2.75) is 31.4 Å². The second kappa shape index (κ2) is 6.56. The minimum absolute atomic E-state index is 0.0453. The number of carboxylic acid groups (broad SMARTS) is 1. The van der Waals surface area contributed by atoms with Crippen molar-refractivity contribution in [3.8, 4) is 0 Å². The molecule has 8 heteroatoms. The minimum atomic E-state index is -0.983. The van der Waals surface area contributed by atoms with Crippen LogP contribution in [0, 0.1) is 0 Å². The van der Waals surface area contributed by atoms with Crippen molar-refractivity contribution in [2.24, 2.45) is 0 Å². The lowest BCUT2D eigenvalue weighted by Crippen LogP contribution is -2.49. The SMILES string of the molecule is O=C(O)COC1CCN(C(=O)NC2CNC(=O)C2)CC1. The molecule has 1 atom stereocenters. The Labute approximate surface area is 116 Å². The van der Waals surface area contributed by atoms with Gasteiger partial charge in [0.15, 0.2) is 0 Å². The number of ether oxygens (including phenoxy) is 1. The van der Waals surface area contributed by atoms with Gasteiger partial charge in [-0.05, 0) is 12.8 Å². The zero-order chi connectivity index (χ0) is 14.5. The molecular formula is C12H19N3O5. The van der Waals surface area contributed by atoms with Crippen LogP contribution in [0.25, 0.3) is 0 Å². The highest BCUT2D eigenvalue weighted by Crippen LogP contribution is 2.14. The molecule has 0 aromatic heterocycles. The van der Waals surface area contributed by atoms with Gasteiger partial charge in [0, 0.05) is 26.1 Å². The Morgan fingerprint density at radius 3 is 2.65 bits per heavy atom. The highest BCUT2D eigenvalue weighted by molar-refractivity contribution is 5.81. The molecule has 112 valence electrons. The molecule has 0 aliphatic carbocycles. The van der Waals surface area contributed by atoms with E-state index in [1.807, 2.05) is 0 Å². The Morgan fingerprint density at radius 1 is 1.40 bits per heavy atom. The summed E-state index contributed by atoms with van der Waals surface area (Å²) in [6.07, 6.45) is 1.47. The number of piperidine rings is 1. The molecule has 0 radical (unpaired) electrons. The van der Waals surface area contributed by atoms with Gasteiger partial charge in [0.25, 0.3) is 0 Å². The van der Waals surface area contributed by atoms with Crippen LogP contribution in [0.4, 0.5) is 4.79 Å². The van der Waals surface area contributed by atoms with Crippen molar-refractivity contribution in [3.63, 3.8) is 0 Å². The molecule has 0 aromatic carbocycles. The number of carbonyl (C=O) groups excluding carboxylic acids is 2. The van der Waals surface area contributed by atoms with Gasteiger partial charge >= 0.3 is 12.0 Å². The number of nitrogens with one attached hydrogen (secondary N) is 2. The van der Waals surface area contributed by atoms with E-state index >= 15 is 0 Å². The van der Waals surface area contributed by atoms with E-state index in [1.165, 1.54) is 0 Å². The van der Waals surface area contributed by atoms with Crippen molar-refractivity contribution >= 4 is 17.9 Å². The first kappa shape index (κ1) is 14.6. The molecule has 2 aliphatic rings. The largest absolute Gasteiger partial charge is 0.480 e. The minimum Gasteiger partial charge on any atom is -0.480 e. The summed E-state index contributed by atoms with van der Waals surface area (Å²) in [6.45, 7) is 1.24. The number of nitrogens with zero attached hydrogens (tertiary/aromatic N) is 1. The van der Waals surface area contributed by atoms with E-state index in [-0.39, 0.29) is 30.7 Å². The highest BCUT2D eigenvalue weighted by Gasteiger charge is 2.27. The van der Waals surface area contributed by atoms with E-state index in [0.29, 0.717) is 38.9 Å². The predicted octanol–water partition coefficient (Wildman–Crippen LogP) is -0.850. The smallest absolute Gasteiger partial charge is 0.329 e. The Bertz CT molecular complexity index is 393. The van der Waals surface area contributed by atoms with E-state index in [9.17, 15) is 14.4 Å². The first-order valence-corrected chi connectivity index (χ1v) is 6.70. The first-order valence-electron chi connectivity index (χ1n) is 6.70. The van der Waals surface area contributed by atoms with Crippen LogP contribution in [0.3, 0.4) is 0 Å². The van der Waals surface area contributed by atoms with Crippen LogP contribution >= 0.6 is 0 Å². The van der Waals surface area contributed by atoms with Gasteiger partial charge in [0.05, 0.1) is 12.1 Å². The van der Waals surface area contributed by atoms with E-state index in [0.717, 1.165) is 0 Å². The van der Waals surface area contributed by atoms with Crippen LogP contribution in [0.15, 0.2) is 0 Å². The summed E-state index contributed by atoms with van der Waals surface area (Å²) in [5.74, 6) is -1.03. The average molecular weight is 285 g/mol. The fourth-order valence-corrected chi connectivity index (χ4v) is 2.39. The second-order valence-electron chi connectivity index (χ2n) is 5.05. The van der Waals surface area contributed by atoms with Gasteiger partial charge in [0.1, 0.15) is 6.61 Å². The topological polar surface area (TPSA) is 108 Å². The predicted molar refractivity (Wildman–Crippen MR) is 68.1 cm³/mol. The number of hydrogen-bond acceptors (Lipinski definition) is 4. The summed E-state index contributed by atoms with van der Waals surface area (Å²) in [5, 5.41) is 14.0. The quantitative estimate of drug-likeness (QED) is 0.623. The molecule has 1 unspecified atom stereocenters. The molecule has 0 saturated carbocycles. The third-order valence-corrected chi connectivity index (χ3v) is 3.48. The summed E-state index contributed by atoms with van der Waals surface area (Å²) < 4.78 is 5.21. The Balaban J connectivity index is 1.69. The van der Waals surface area contributed by atoms with Crippen molar-refractivity contribution in [1.82, 2.24) is 15.5 Å². The lowest BCUT2D eigenvalue weighted by atomic mass is 10.1. The number of aliphatic carboxylic acids is 1. The van der Waals surface area contributed by atoms with Crippen LogP contribution < -0.4 is 10.6 Å². The van der Waals surface area contributed by atoms with Gasteiger partial charge in [0.2, 0.25) is 5.91 Å². The number of likely N-dealkylation sites (tertiary alicyclic amines) is 1. The lowest BCUT2D eigenvalue weighted by molar-refractivity contribution is -0.145. The Hall–Kier alpha value is -1.83. The van der Waals surface area contributed by atoms with Crippen molar-refractivity contribution in [3.05, 3.63) is 0 Å². The molecule has 3 amide bonds. The maximum Gasteiger partial charge on any atom is 0.329 e. The van der Waals surface area contributed by atoms with Crippen LogP contribution in [0.5, 0.6) is 0 Å². The monoisotopic (exact) mass is 285 g/mol. The molecule has 8 nitrogen and oxygen atoms in total. The molecule has 3 N–H and O–H groups in total. The molecule has 0 bridgehead atoms. The summed E-state index contributed by atoms with van der Waals surface area (Å²) in [5.41, 5.74) is 0. The summed E-state index contributed by atoms with van der Waals surface area (Å²) >= 11 is 0. The Morgan fingerprint density at radius 2 is 2.10 bits per heavy atom. The maximum absolute atomic E-state index is 12.0.